The van der Waals surface area contributed by atoms with Gasteiger partial charge in [-0.2, -0.15) is 0 Å². The number of imidazole rings is 1. The molecule has 4 nitrogen and oxygen atoms in total. The fourth-order valence-electron chi connectivity index (χ4n) is 2.92. The standard InChI is InChI=1S/C14H19N3OS/c1-3-4-11-7-13(18)16(8-11)9-12-10(2)15-14-17(12)5-6-19-14/h5-6,11H,3-4,7-9H2,1-2H3. The Balaban J connectivity index is 1.79. The van der Waals surface area contributed by atoms with Gasteiger partial charge in [0.15, 0.2) is 4.96 Å². The Morgan fingerprint density at radius 3 is 3.16 bits per heavy atom. The molecule has 0 aliphatic carbocycles. The second-order valence-electron chi connectivity index (χ2n) is 5.33. The zero-order valence-electron chi connectivity index (χ0n) is 11.4. The number of nitrogens with zero attached hydrogens (tertiary/aromatic N) is 3. The number of hydrogen-bond donors (Lipinski definition) is 0. The Labute approximate surface area is 117 Å². The summed E-state index contributed by atoms with van der Waals surface area (Å²) in [6.45, 7) is 5.81. The molecular formula is C14H19N3OS. The molecule has 0 N–H and O–H groups in total. The van der Waals surface area contributed by atoms with Crippen molar-refractivity contribution in [1.82, 2.24) is 14.3 Å². The van der Waals surface area contributed by atoms with Gasteiger partial charge < -0.3 is 4.90 Å². The Hall–Kier alpha value is -1.36. The zero-order valence-corrected chi connectivity index (χ0v) is 12.2. The summed E-state index contributed by atoms with van der Waals surface area (Å²) in [5.41, 5.74) is 2.19. The van der Waals surface area contributed by atoms with Crippen molar-refractivity contribution < 1.29 is 4.79 Å². The average molecular weight is 277 g/mol. The minimum atomic E-state index is 0.294. The predicted molar refractivity (Wildman–Crippen MR) is 76.2 cm³/mol. The van der Waals surface area contributed by atoms with Crippen molar-refractivity contribution in [2.75, 3.05) is 6.54 Å². The number of aryl methyl sites for hydroxylation is 1. The molecule has 0 spiro atoms. The van der Waals surface area contributed by atoms with Gasteiger partial charge in [-0.05, 0) is 19.3 Å². The quantitative estimate of drug-likeness (QED) is 0.862. The normalized spacial score (nSPS) is 19.8. The van der Waals surface area contributed by atoms with E-state index in [9.17, 15) is 4.79 Å². The van der Waals surface area contributed by atoms with Crippen molar-refractivity contribution in [3.63, 3.8) is 0 Å². The zero-order chi connectivity index (χ0) is 13.4. The van der Waals surface area contributed by atoms with Crippen LogP contribution < -0.4 is 0 Å². The van der Waals surface area contributed by atoms with Crippen LogP contribution in [0.2, 0.25) is 0 Å². The van der Waals surface area contributed by atoms with Crippen LogP contribution in [-0.2, 0) is 11.3 Å². The molecule has 1 atom stereocenters. The molecule has 0 saturated carbocycles. The van der Waals surface area contributed by atoms with Crippen LogP contribution in [0.5, 0.6) is 0 Å². The van der Waals surface area contributed by atoms with E-state index < -0.39 is 0 Å². The van der Waals surface area contributed by atoms with Gasteiger partial charge in [0.2, 0.25) is 5.91 Å². The van der Waals surface area contributed by atoms with E-state index in [1.165, 1.54) is 0 Å². The van der Waals surface area contributed by atoms with Crippen LogP contribution >= 0.6 is 11.3 Å². The molecule has 2 aromatic heterocycles. The number of carbonyl (C=O) groups excluding carboxylic acids is 1. The lowest BCUT2D eigenvalue weighted by Crippen LogP contribution is -2.25. The minimum absolute atomic E-state index is 0.294. The summed E-state index contributed by atoms with van der Waals surface area (Å²) < 4.78 is 2.11. The fraction of sp³-hybridized carbons (Fsp3) is 0.571. The van der Waals surface area contributed by atoms with Crippen molar-refractivity contribution >= 4 is 22.2 Å². The molecule has 1 aliphatic rings. The highest BCUT2D eigenvalue weighted by Gasteiger charge is 2.29. The largest absolute Gasteiger partial charge is 0.336 e. The summed E-state index contributed by atoms with van der Waals surface area (Å²) in [6.07, 6.45) is 5.08. The number of fused-ring (bicyclic) bond motifs is 1. The number of amides is 1. The molecule has 1 fully saturated rings. The maximum absolute atomic E-state index is 12.1. The number of rotatable bonds is 4. The highest BCUT2D eigenvalue weighted by atomic mass is 32.1. The van der Waals surface area contributed by atoms with E-state index in [0.717, 1.165) is 42.2 Å². The third kappa shape index (κ3) is 2.27. The molecule has 5 heteroatoms. The lowest BCUT2D eigenvalue weighted by Gasteiger charge is -2.16. The molecule has 3 rings (SSSR count). The van der Waals surface area contributed by atoms with E-state index in [0.29, 0.717) is 18.4 Å². The summed E-state index contributed by atoms with van der Waals surface area (Å²) in [4.78, 5) is 19.6. The minimum Gasteiger partial charge on any atom is -0.336 e. The van der Waals surface area contributed by atoms with E-state index in [2.05, 4.69) is 16.3 Å². The number of thiazole rings is 1. The Kier molecular flexibility index (Phi) is 3.31. The summed E-state index contributed by atoms with van der Waals surface area (Å²) >= 11 is 1.64. The molecular weight excluding hydrogens is 258 g/mol. The average Bonchev–Trinajstić information content (AvgIpc) is 3.00. The van der Waals surface area contributed by atoms with Crippen LogP contribution in [-0.4, -0.2) is 26.7 Å². The van der Waals surface area contributed by atoms with Crippen LogP contribution in [0.3, 0.4) is 0 Å². The maximum Gasteiger partial charge on any atom is 0.223 e. The first-order chi connectivity index (χ1) is 9.19. The lowest BCUT2D eigenvalue weighted by atomic mass is 10.0. The highest BCUT2D eigenvalue weighted by Crippen LogP contribution is 2.25. The first-order valence-corrected chi connectivity index (χ1v) is 7.75. The van der Waals surface area contributed by atoms with E-state index in [1.807, 2.05) is 23.4 Å². The molecule has 0 aromatic carbocycles. The molecule has 102 valence electrons. The van der Waals surface area contributed by atoms with Crippen LogP contribution in [0.25, 0.3) is 4.96 Å². The highest BCUT2D eigenvalue weighted by molar-refractivity contribution is 7.15. The van der Waals surface area contributed by atoms with E-state index in [1.54, 1.807) is 11.3 Å². The van der Waals surface area contributed by atoms with Crippen molar-refractivity contribution in [2.24, 2.45) is 5.92 Å². The van der Waals surface area contributed by atoms with Gasteiger partial charge in [0, 0.05) is 24.5 Å². The Morgan fingerprint density at radius 1 is 1.53 bits per heavy atom. The molecule has 1 amide bonds. The lowest BCUT2D eigenvalue weighted by molar-refractivity contribution is -0.128. The number of likely N-dealkylation sites (tertiary alicyclic amines) is 1. The van der Waals surface area contributed by atoms with Crippen LogP contribution in [0.4, 0.5) is 0 Å². The first kappa shape index (κ1) is 12.7. The van der Waals surface area contributed by atoms with E-state index in [-0.39, 0.29) is 0 Å². The topological polar surface area (TPSA) is 37.6 Å². The molecule has 3 heterocycles. The SMILES string of the molecule is CCCC1CC(=O)N(Cc2c(C)nc3sccn23)C1. The monoisotopic (exact) mass is 277 g/mol. The van der Waals surface area contributed by atoms with Crippen LogP contribution in [0.15, 0.2) is 11.6 Å². The number of hydrogen-bond acceptors (Lipinski definition) is 3. The van der Waals surface area contributed by atoms with Crippen LogP contribution in [0, 0.1) is 12.8 Å². The van der Waals surface area contributed by atoms with Crippen molar-refractivity contribution in [3.8, 4) is 0 Å². The molecule has 0 radical (unpaired) electrons. The third-order valence-corrected chi connectivity index (χ3v) is 4.65. The summed E-state index contributed by atoms with van der Waals surface area (Å²) in [5, 5.41) is 2.04. The number of carbonyl (C=O) groups is 1. The Morgan fingerprint density at radius 2 is 2.37 bits per heavy atom. The fourth-order valence-corrected chi connectivity index (χ4v) is 3.70. The van der Waals surface area contributed by atoms with Gasteiger partial charge in [-0.25, -0.2) is 4.98 Å². The Bertz CT molecular complexity index is 601. The van der Waals surface area contributed by atoms with Crippen molar-refractivity contribution in [1.29, 1.82) is 0 Å². The maximum atomic E-state index is 12.1. The molecule has 19 heavy (non-hydrogen) atoms. The molecule has 1 unspecified atom stereocenters. The molecule has 0 bridgehead atoms. The smallest absolute Gasteiger partial charge is 0.223 e. The second kappa shape index (κ2) is 4.96. The van der Waals surface area contributed by atoms with Gasteiger partial charge >= 0.3 is 0 Å². The van der Waals surface area contributed by atoms with Gasteiger partial charge in [0.1, 0.15) is 0 Å². The van der Waals surface area contributed by atoms with Crippen molar-refractivity contribution in [3.05, 3.63) is 23.0 Å². The van der Waals surface area contributed by atoms with Gasteiger partial charge in [-0.3, -0.25) is 9.20 Å². The number of aromatic nitrogens is 2. The summed E-state index contributed by atoms with van der Waals surface area (Å²) in [5.74, 6) is 0.840. The summed E-state index contributed by atoms with van der Waals surface area (Å²) in [7, 11) is 0. The molecule has 1 aliphatic heterocycles. The van der Waals surface area contributed by atoms with Gasteiger partial charge in [-0.15, -0.1) is 11.3 Å². The van der Waals surface area contributed by atoms with Crippen molar-refractivity contribution in [2.45, 2.75) is 39.7 Å². The molecule has 2 aromatic rings. The predicted octanol–water partition coefficient (Wildman–Crippen LogP) is 2.85. The molecule has 1 saturated heterocycles. The van der Waals surface area contributed by atoms with E-state index in [4.69, 9.17) is 0 Å². The van der Waals surface area contributed by atoms with E-state index >= 15 is 0 Å². The summed E-state index contributed by atoms with van der Waals surface area (Å²) in [6, 6.07) is 0. The third-order valence-electron chi connectivity index (χ3n) is 3.89. The van der Waals surface area contributed by atoms with Gasteiger partial charge in [0.05, 0.1) is 17.9 Å². The second-order valence-corrected chi connectivity index (χ2v) is 6.21. The van der Waals surface area contributed by atoms with Crippen LogP contribution in [0.1, 0.15) is 37.6 Å². The van der Waals surface area contributed by atoms with Gasteiger partial charge in [-0.1, -0.05) is 13.3 Å². The van der Waals surface area contributed by atoms with Gasteiger partial charge in [0.25, 0.3) is 0 Å². The first-order valence-electron chi connectivity index (χ1n) is 6.87.